The quantitative estimate of drug-likeness (QED) is 0.791. The van der Waals surface area contributed by atoms with Crippen molar-refractivity contribution in [1.82, 2.24) is 4.90 Å². The largest absolute Gasteiger partial charge is 0.493 e. The molecule has 29 heavy (non-hydrogen) atoms. The second-order valence-corrected chi connectivity index (χ2v) is 7.36. The lowest BCUT2D eigenvalue weighted by Gasteiger charge is -2.47. The predicted molar refractivity (Wildman–Crippen MR) is 106 cm³/mol. The number of nitrogens with zero attached hydrogens (tertiary/aromatic N) is 4. The highest BCUT2D eigenvalue weighted by atomic mass is 16.5. The molecular formula is C22H23N5O2. The summed E-state index contributed by atoms with van der Waals surface area (Å²) in [5, 5.41) is 38.5. The Hall–Kier alpha value is -3.34. The minimum absolute atomic E-state index is 0.144. The Labute approximate surface area is 170 Å². The van der Waals surface area contributed by atoms with Gasteiger partial charge in [0.1, 0.15) is 5.92 Å². The summed E-state index contributed by atoms with van der Waals surface area (Å²) in [7, 11) is 3.50. The zero-order valence-electron chi connectivity index (χ0n) is 16.8. The van der Waals surface area contributed by atoms with Crippen LogP contribution in [0.15, 0.2) is 29.8 Å². The van der Waals surface area contributed by atoms with Crippen molar-refractivity contribution in [3.63, 3.8) is 0 Å². The lowest BCUT2D eigenvalue weighted by Crippen LogP contribution is -2.52. The van der Waals surface area contributed by atoms with E-state index in [0.717, 1.165) is 11.1 Å². The van der Waals surface area contributed by atoms with E-state index in [1.165, 1.54) is 7.11 Å². The van der Waals surface area contributed by atoms with Crippen molar-refractivity contribution in [1.29, 1.82) is 21.2 Å². The molecule has 3 rings (SSSR count). The van der Waals surface area contributed by atoms with Gasteiger partial charge in [0, 0.05) is 24.9 Å². The highest BCUT2D eigenvalue weighted by Gasteiger charge is 2.57. The molecule has 0 unspecified atom stereocenters. The molecule has 7 nitrogen and oxygen atoms in total. The van der Waals surface area contributed by atoms with Crippen LogP contribution in [-0.4, -0.2) is 44.5 Å². The Morgan fingerprint density at radius 2 is 1.97 bits per heavy atom. The number of benzene rings is 1. The van der Waals surface area contributed by atoms with E-state index in [1.54, 1.807) is 12.1 Å². The van der Waals surface area contributed by atoms with E-state index in [2.05, 4.69) is 23.1 Å². The van der Waals surface area contributed by atoms with Crippen LogP contribution in [0.4, 0.5) is 0 Å². The topological polar surface area (TPSA) is 117 Å². The minimum Gasteiger partial charge on any atom is -0.493 e. The minimum atomic E-state index is -1.72. The van der Waals surface area contributed by atoms with Gasteiger partial charge in [-0.1, -0.05) is 12.1 Å². The van der Waals surface area contributed by atoms with Gasteiger partial charge in [0.25, 0.3) is 0 Å². The summed E-state index contributed by atoms with van der Waals surface area (Å²) >= 11 is 0. The third-order valence-electron chi connectivity index (χ3n) is 5.82. The van der Waals surface area contributed by atoms with E-state index in [1.807, 2.05) is 26.1 Å². The molecule has 1 N–H and O–H groups in total. The molecule has 0 spiro atoms. The second-order valence-electron chi connectivity index (χ2n) is 7.36. The van der Waals surface area contributed by atoms with Gasteiger partial charge in [-0.05, 0) is 37.2 Å². The van der Waals surface area contributed by atoms with E-state index in [0.29, 0.717) is 31.2 Å². The van der Waals surface area contributed by atoms with Crippen LogP contribution in [0.5, 0.6) is 11.5 Å². The molecule has 0 radical (unpaired) electrons. The number of nitrogens with one attached hydrogen (secondary N) is 1. The first-order chi connectivity index (χ1) is 14.0. The van der Waals surface area contributed by atoms with Crippen molar-refractivity contribution in [3.8, 4) is 29.7 Å². The fourth-order valence-electron chi connectivity index (χ4n) is 4.48. The normalized spacial score (nSPS) is 25.6. The third kappa shape index (κ3) is 3.12. The molecule has 148 valence electrons. The van der Waals surface area contributed by atoms with Crippen LogP contribution in [0.2, 0.25) is 0 Å². The first-order valence-corrected chi connectivity index (χ1v) is 9.47. The number of likely N-dealkylation sites (N-methyl/N-ethyl adjacent to an activating group) is 1. The molecule has 0 aromatic heterocycles. The van der Waals surface area contributed by atoms with E-state index in [-0.39, 0.29) is 11.6 Å². The summed E-state index contributed by atoms with van der Waals surface area (Å²) in [4.78, 5) is 2.09. The number of nitriles is 3. The van der Waals surface area contributed by atoms with Crippen LogP contribution in [-0.2, 0) is 0 Å². The van der Waals surface area contributed by atoms with Gasteiger partial charge in [0.05, 0.1) is 37.6 Å². The molecular weight excluding hydrogens is 366 g/mol. The summed E-state index contributed by atoms with van der Waals surface area (Å²) < 4.78 is 11.1. The molecule has 1 fully saturated rings. The molecule has 0 saturated heterocycles. The third-order valence-corrected chi connectivity index (χ3v) is 5.82. The van der Waals surface area contributed by atoms with Crippen LogP contribution < -0.4 is 9.47 Å². The summed E-state index contributed by atoms with van der Waals surface area (Å²) in [5.41, 5.74) is -0.316. The Morgan fingerprint density at radius 1 is 1.24 bits per heavy atom. The Balaban J connectivity index is 2.24. The van der Waals surface area contributed by atoms with Gasteiger partial charge in [-0.3, -0.25) is 0 Å². The monoisotopic (exact) mass is 389 g/mol. The maximum atomic E-state index is 10.1. The van der Waals surface area contributed by atoms with E-state index >= 15 is 0 Å². The van der Waals surface area contributed by atoms with Gasteiger partial charge >= 0.3 is 0 Å². The van der Waals surface area contributed by atoms with E-state index < -0.39 is 17.3 Å². The van der Waals surface area contributed by atoms with Crippen LogP contribution in [0.1, 0.15) is 18.4 Å². The first kappa shape index (κ1) is 20.4. The molecule has 0 bridgehead atoms. The zero-order valence-corrected chi connectivity index (χ0v) is 16.8. The molecule has 1 aromatic rings. The number of rotatable bonds is 4. The fraction of sp³-hybridized carbons (Fsp3) is 0.455. The molecule has 7 heteroatoms. The number of hydrogen-bond acceptors (Lipinski definition) is 7. The predicted octanol–water partition coefficient (Wildman–Crippen LogP) is 2.87. The van der Waals surface area contributed by atoms with E-state index in [4.69, 9.17) is 14.9 Å². The number of methoxy groups -OCH3 is 1. The highest BCUT2D eigenvalue weighted by molar-refractivity contribution is 6.00. The highest BCUT2D eigenvalue weighted by Crippen LogP contribution is 2.54. The Bertz CT molecular complexity index is 964. The van der Waals surface area contributed by atoms with Crippen molar-refractivity contribution >= 4 is 5.71 Å². The summed E-state index contributed by atoms with van der Waals surface area (Å²) in [6.45, 7) is 3.63. The molecule has 1 aliphatic heterocycles. The zero-order chi connectivity index (χ0) is 21.2. The fourth-order valence-corrected chi connectivity index (χ4v) is 4.48. The van der Waals surface area contributed by atoms with Crippen molar-refractivity contribution < 1.29 is 9.47 Å². The SMILES string of the molecule is CCOc1ccc([C@@H]2[C@@H]3CN(C)CC=C3[C@@H](C#N)C(=N)C2(C#N)C#N)cc1OC. The Morgan fingerprint density at radius 3 is 2.55 bits per heavy atom. The average Bonchev–Trinajstić information content (AvgIpc) is 2.74. The van der Waals surface area contributed by atoms with Crippen LogP contribution in [0, 0.1) is 56.7 Å². The second kappa shape index (κ2) is 7.95. The average molecular weight is 389 g/mol. The van der Waals surface area contributed by atoms with Crippen LogP contribution in [0.3, 0.4) is 0 Å². The lowest BCUT2D eigenvalue weighted by molar-refractivity contribution is 0.234. The molecule has 0 amide bonds. The van der Waals surface area contributed by atoms with E-state index in [9.17, 15) is 15.8 Å². The molecule has 1 aliphatic carbocycles. The number of ether oxygens (including phenoxy) is 2. The smallest absolute Gasteiger partial charge is 0.189 e. The van der Waals surface area contributed by atoms with Gasteiger partial charge in [-0.25, -0.2) is 0 Å². The number of hydrogen-bond donors (Lipinski definition) is 1. The maximum Gasteiger partial charge on any atom is 0.189 e. The maximum absolute atomic E-state index is 10.1. The summed E-state index contributed by atoms with van der Waals surface area (Å²) in [6.07, 6.45) is 1.97. The van der Waals surface area contributed by atoms with Crippen LogP contribution in [0.25, 0.3) is 0 Å². The molecule has 2 aliphatic rings. The summed E-state index contributed by atoms with van der Waals surface area (Å²) in [5.74, 6) is -0.579. The van der Waals surface area contributed by atoms with Gasteiger partial charge < -0.3 is 19.8 Å². The Kier molecular flexibility index (Phi) is 5.59. The van der Waals surface area contributed by atoms with Crippen molar-refractivity contribution in [3.05, 3.63) is 35.4 Å². The molecule has 1 saturated carbocycles. The molecule has 1 aromatic carbocycles. The van der Waals surface area contributed by atoms with Crippen molar-refractivity contribution in [2.45, 2.75) is 12.8 Å². The number of fused-ring (bicyclic) bond motifs is 1. The first-order valence-electron chi connectivity index (χ1n) is 9.47. The van der Waals surface area contributed by atoms with Gasteiger partial charge in [-0.2, -0.15) is 15.8 Å². The molecule has 1 heterocycles. The van der Waals surface area contributed by atoms with Crippen molar-refractivity contribution in [2.24, 2.45) is 17.3 Å². The molecule has 3 atom stereocenters. The summed E-state index contributed by atoms with van der Waals surface area (Å²) in [6, 6.07) is 11.7. The van der Waals surface area contributed by atoms with Crippen molar-refractivity contribution in [2.75, 3.05) is 33.9 Å². The lowest BCUT2D eigenvalue weighted by atomic mass is 9.54. The standard InChI is InChI=1S/C22H23N5O2/c1-4-29-18-6-5-14(9-19(18)28-3)20-17-11-27(2)8-7-15(17)16(10-23)21(26)22(20,12-24)13-25/h5-7,9,16-17,20,26H,4,8,11H2,1-3H3/t16-,17-,20-/m1/s1. The van der Waals surface area contributed by atoms with Crippen LogP contribution >= 0.6 is 0 Å². The van der Waals surface area contributed by atoms with Gasteiger partial charge in [0.15, 0.2) is 16.9 Å². The van der Waals surface area contributed by atoms with Gasteiger partial charge in [0.2, 0.25) is 0 Å². The van der Waals surface area contributed by atoms with Gasteiger partial charge in [-0.15, -0.1) is 0 Å².